The maximum absolute atomic E-state index is 4.15. The summed E-state index contributed by atoms with van der Waals surface area (Å²) in [5.74, 6) is 1.05. The molecular weight excluding hydrogens is 220 g/mol. The van der Waals surface area contributed by atoms with Crippen molar-refractivity contribution in [2.24, 2.45) is 0 Å². The Kier molecular flexibility index (Phi) is 2.71. The van der Waals surface area contributed by atoms with E-state index in [4.69, 9.17) is 0 Å². The fourth-order valence-corrected chi connectivity index (χ4v) is 2.44. The summed E-state index contributed by atoms with van der Waals surface area (Å²) in [6, 6.07) is 4.88. The van der Waals surface area contributed by atoms with Gasteiger partial charge in [-0.1, -0.05) is 6.07 Å². The first kappa shape index (κ1) is 9.99. The molecule has 16 heavy (non-hydrogen) atoms. The predicted molar refractivity (Wildman–Crippen MR) is 63.2 cm³/mol. The van der Waals surface area contributed by atoms with E-state index in [0.717, 1.165) is 18.9 Å². The van der Waals surface area contributed by atoms with Gasteiger partial charge in [0.15, 0.2) is 0 Å². The third-order valence-corrected chi connectivity index (χ3v) is 3.63. The number of hydrogen-bond acceptors (Lipinski definition) is 4. The molecule has 2 heterocycles. The molecule has 1 saturated carbocycles. The van der Waals surface area contributed by atoms with E-state index in [9.17, 15) is 0 Å². The van der Waals surface area contributed by atoms with Gasteiger partial charge in [0.05, 0.1) is 6.54 Å². The molecule has 3 rings (SSSR count). The second-order valence-electron chi connectivity index (χ2n) is 4.07. The Labute approximate surface area is 98.3 Å². The number of hydrogen-bond donors (Lipinski definition) is 1. The minimum Gasteiger partial charge on any atom is -0.313 e. The van der Waals surface area contributed by atoms with Crippen LogP contribution in [-0.4, -0.2) is 14.8 Å². The van der Waals surface area contributed by atoms with Gasteiger partial charge in [-0.3, -0.25) is 0 Å². The van der Waals surface area contributed by atoms with Crippen molar-refractivity contribution in [3.63, 3.8) is 0 Å². The van der Waals surface area contributed by atoms with Crippen molar-refractivity contribution in [3.8, 4) is 0 Å². The van der Waals surface area contributed by atoms with Gasteiger partial charge in [-0.05, 0) is 24.3 Å². The molecule has 0 aromatic carbocycles. The standard InChI is InChI=1S/C11H14N4S/c1-2-10(16-5-1)6-12-7-11-14-13-8-15(11)9-3-4-9/h1-2,5,8-9,12H,3-4,6-7H2. The Morgan fingerprint density at radius 3 is 3.12 bits per heavy atom. The van der Waals surface area contributed by atoms with E-state index in [2.05, 4.69) is 37.6 Å². The van der Waals surface area contributed by atoms with Gasteiger partial charge in [-0.2, -0.15) is 0 Å². The Hall–Kier alpha value is -1.20. The van der Waals surface area contributed by atoms with Crippen LogP contribution in [0.2, 0.25) is 0 Å². The van der Waals surface area contributed by atoms with Gasteiger partial charge in [0.2, 0.25) is 0 Å². The second-order valence-corrected chi connectivity index (χ2v) is 5.10. The zero-order valence-corrected chi connectivity index (χ0v) is 9.78. The molecule has 0 atom stereocenters. The first-order chi connectivity index (χ1) is 7.93. The van der Waals surface area contributed by atoms with Crippen LogP contribution in [0.4, 0.5) is 0 Å². The Bertz CT molecular complexity index is 444. The molecule has 0 aliphatic heterocycles. The Balaban J connectivity index is 1.56. The summed E-state index contributed by atoms with van der Waals surface area (Å²) in [6.07, 6.45) is 4.39. The summed E-state index contributed by atoms with van der Waals surface area (Å²) in [6.45, 7) is 1.71. The normalized spacial score (nSPS) is 15.5. The lowest BCUT2D eigenvalue weighted by Gasteiger charge is -2.05. The fourth-order valence-electron chi connectivity index (χ4n) is 1.76. The van der Waals surface area contributed by atoms with Crippen LogP contribution in [-0.2, 0) is 13.1 Å². The minimum atomic E-state index is 0.661. The highest BCUT2D eigenvalue weighted by Gasteiger charge is 2.25. The quantitative estimate of drug-likeness (QED) is 0.860. The summed E-state index contributed by atoms with van der Waals surface area (Å²) in [7, 11) is 0. The first-order valence-corrected chi connectivity index (χ1v) is 6.43. The molecule has 1 fully saturated rings. The molecule has 2 aromatic heterocycles. The number of nitrogens with zero attached hydrogens (tertiary/aromatic N) is 3. The van der Waals surface area contributed by atoms with E-state index in [1.807, 2.05) is 6.33 Å². The van der Waals surface area contributed by atoms with Crippen molar-refractivity contribution in [1.29, 1.82) is 0 Å². The molecule has 0 unspecified atom stereocenters. The number of rotatable bonds is 5. The van der Waals surface area contributed by atoms with E-state index in [1.165, 1.54) is 17.7 Å². The minimum absolute atomic E-state index is 0.661. The molecule has 1 aliphatic carbocycles. The van der Waals surface area contributed by atoms with Crippen molar-refractivity contribution in [2.45, 2.75) is 32.0 Å². The summed E-state index contributed by atoms with van der Waals surface area (Å²) in [4.78, 5) is 1.36. The number of nitrogens with one attached hydrogen (secondary N) is 1. The molecule has 1 aliphatic rings. The second kappa shape index (κ2) is 4.35. The van der Waals surface area contributed by atoms with Gasteiger partial charge in [-0.15, -0.1) is 21.5 Å². The van der Waals surface area contributed by atoms with Crippen molar-refractivity contribution in [1.82, 2.24) is 20.1 Å². The zero-order chi connectivity index (χ0) is 10.8. The molecule has 0 amide bonds. The van der Waals surface area contributed by atoms with Gasteiger partial charge in [-0.25, -0.2) is 0 Å². The highest BCUT2D eigenvalue weighted by Crippen LogP contribution is 2.35. The number of aromatic nitrogens is 3. The van der Waals surface area contributed by atoms with Gasteiger partial charge in [0.25, 0.3) is 0 Å². The lowest BCUT2D eigenvalue weighted by Crippen LogP contribution is -2.15. The Morgan fingerprint density at radius 2 is 2.38 bits per heavy atom. The highest BCUT2D eigenvalue weighted by atomic mass is 32.1. The monoisotopic (exact) mass is 234 g/mol. The van der Waals surface area contributed by atoms with Crippen LogP contribution in [0.1, 0.15) is 29.6 Å². The smallest absolute Gasteiger partial charge is 0.147 e. The average molecular weight is 234 g/mol. The summed E-state index contributed by atoms with van der Waals surface area (Å²) in [5.41, 5.74) is 0. The molecule has 0 spiro atoms. The molecule has 5 heteroatoms. The van der Waals surface area contributed by atoms with Gasteiger partial charge >= 0.3 is 0 Å². The maximum atomic E-state index is 4.15. The molecule has 1 N–H and O–H groups in total. The van der Waals surface area contributed by atoms with E-state index >= 15 is 0 Å². The van der Waals surface area contributed by atoms with Crippen LogP contribution in [0, 0.1) is 0 Å². The highest BCUT2D eigenvalue weighted by molar-refractivity contribution is 7.09. The first-order valence-electron chi connectivity index (χ1n) is 5.55. The predicted octanol–water partition coefficient (Wildman–Crippen LogP) is 1.96. The van der Waals surface area contributed by atoms with Crippen LogP contribution < -0.4 is 5.32 Å². The van der Waals surface area contributed by atoms with Crippen LogP contribution in [0.3, 0.4) is 0 Å². The topological polar surface area (TPSA) is 42.7 Å². The summed E-state index contributed by atoms with van der Waals surface area (Å²) in [5, 5.41) is 13.6. The van der Waals surface area contributed by atoms with E-state index in [0.29, 0.717) is 6.04 Å². The van der Waals surface area contributed by atoms with Crippen LogP contribution in [0.5, 0.6) is 0 Å². The van der Waals surface area contributed by atoms with Crippen LogP contribution >= 0.6 is 11.3 Å². The number of thiophene rings is 1. The van der Waals surface area contributed by atoms with Gasteiger partial charge in [0, 0.05) is 17.5 Å². The van der Waals surface area contributed by atoms with Crippen LogP contribution in [0.15, 0.2) is 23.8 Å². The average Bonchev–Trinajstić information content (AvgIpc) is 2.82. The van der Waals surface area contributed by atoms with Crippen molar-refractivity contribution < 1.29 is 0 Å². The van der Waals surface area contributed by atoms with Gasteiger partial charge < -0.3 is 9.88 Å². The molecule has 84 valence electrons. The van der Waals surface area contributed by atoms with E-state index in [1.54, 1.807) is 11.3 Å². The molecule has 0 radical (unpaired) electrons. The van der Waals surface area contributed by atoms with Crippen LogP contribution in [0.25, 0.3) is 0 Å². The third-order valence-electron chi connectivity index (χ3n) is 2.75. The summed E-state index contributed by atoms with van der Waals surface area (Å²) < 4.78 is 2.20. The lowest BCUT2D eigenvalue weighted by molar-refractivity contribution is 0.608. The van der Waals surface area contributed by atoms with Crippen molar-refractivity contribution in [2.75, 3.05) is 0 Å². The SMILES string of the molecule is c1csc(CNCc2nncn2C2CC2)c1. The molecule has 0 saturated heterocycles. The third kappa shape index (κ3) is 2.15. The molecule has 4 nitrogen and oxygen atoms in total. The summed E-state index contributed by atoms with van der Waals surface area (Å²) >= 11 is 1.78. The lowest BCUT2D eigenvalue weighted by atomic mass is 10.4. The van der Waals surface area contributed by atoms with E-state index < -0.39 is 0 Å². The largest absolute Gasteiger partial charge is 0.313 e. The molecule has 2 aromatic rings. The van der Waals surface area contributed by atoms with E-state index in [-0.39, 0.29) is 0 Å². The Morgan fingerprint density at radius 1 is 1.44 bits per heavy atom. The zero-order valence-electron chi connectivity index (χ0n) is 8.97. The maximum Gasteiger partial charge on any atom is 0.147 e. The van der Waals surface area contributed by atoms with Crippen molar-refractivity contribution >= 4 is 11.3 Å². The molecular formula is C11H14N4S. The van der Waals surface area contributed by atoms with Crippen molar-refractivity contribution in [3.05, 3.63) is 34.5 Å². The fraction of sp³-hybridized carbons (Fsp3) is 0.455. The molecule has 0 bridgehead atoms. The van der Waals surface area contributed by atoms with Gasteiger partial charge in [0.1, 0.15) is 12.2 Å².